The van der Waals surface area contributed by atoms with E-state index in [1.165, 1.54) is 17.2 Å². The number of anilines is 3. The number of hydrogen-bond acceptors (Lipinski definition) is 10. The summed E-state index contributed by atoms with van der Waals surface area (Å²) >= 11 is 12.5. The lowest BCUT2D eigenvalue weighted by Gasteiger charge is -2.31. The van der Waals surface area contributed by atoms with E-state index in [-0.39, 0.29) is 17.4 Å². The highest BCUT2D eigenvalue weighted by molar-refractivity contribution is 6.42. The van der Waals surface area contributed by atoms with Gasteiger partial charge in [0, 0.05) is 5.70 Å². The van der Waals surface area contributed by atoms with Crippen LogP contribution in [0.3, 0.4) is 0 Å². The number of aliphatic hydroxyl groups excluding tert-OH is 2. The van der Waals surface area contributed by atoms with Crippen LogP contribution in [0.5, 0.6) is 5.75 Å². The molecule has 0 spiro atoms. The van der Waals surface area contributed by atoms with Gasteiger partial charge in [0.15, 0.2) is 17.7 Å². The van der Waals surface area contributed by atoms with Gasteiger partial charge < -0.3 is 36.1 Å². The highest BCUT2D eigenvalue weighted by Gasteiger charge is 2.45. The number of ether oxygens (including phenoxy) is 2. The van der Waals surface area contributed by atoms with Crippen molar-refractivity contribution in [3.05, 3.63) is 71.2 Å². The molecule has 6 N–H and O–H groups in total. The molecule has 4 unspecified atom stereocenters. The van der Waals surface area contributed by atoms with Crippen molar-refractivity contribution in [3.63, 3.8) is 0 Å². The molecule has 4 aromatic rings. The lowest BCUT2D eigenvalue weighted by Crippen LogP contribution is -2.39. The molecule has 13 heteroatoms. The number of nitrogens with two attached hydrogens (primary N) is 2. The molecule has 1 fully saturated rings. The van der Waals surface area contributed by atoms with Crippen LogP contribution in [0.4, 0.5) is 17.2 Å². The lowest BCUT2D eigenvalue weighted by atomic mass is 10.1. The van der Waals surface area contributed by atoms with E-state index in [9.17, 15) is 10.2 Å². The van der Waals surface area contributed by atoms with E-state index >= 15 is 0 Å². The molecule has 4 atom stereocenters. The normalized spacial score (nSPS) is 21.1. The monoisotopic (exact) mass is 557 g/mol. The average Bonchev–Trinajstić information content (AvgIpc) is 3.46. The number of rotatable bonds is 7. The van der Waals surface area contributed by atoms with Gasteiger partial charge in [-0.2, -0.15) is 0 Å². The lowest BCUT2D eigenvalue weighted by molar-refractivity contribution is -0.0321. The highest BCUT2D eigenvalue weighted by atomic mass is 35.5. The van der Waals surface area contributed by atoms with Crippen molar-refractivity contribution in [1.82, 2.24) is 19.5 Å². The van der Waals surface area contributed by atoms with Gasteiger partial charge in [-0.05, 0) is 42.0 Å². The number of aromatic nitrogens is 4. The summed E-state index contributed by atoms with van der Waals surface area (Å²) < 4.78 is 12.9. The van der Waals surface area contributed by atoms with Gasteiger partial charge in [-0.1, -0.05) is 29.8 Å². The van der Waals surface area contributed by atoms with Gasteiger partial charge in [0.05, 0.1) is 41.4 Å². The van der Waals surface area contributed by atoms with E-state index in [4.69, 9.17) is 44.1 Å². The van der Waals surface area contributed by atoms with Crippen molar-refractivity contribution in [3.8, 4) is 5.75 Å². The van der Waals surface area contributed by atoms with Gasteiger partial charge in [0.1, 0.15) is 35.9 Å². The third-order valence-corrected chi connectivity index (χ3v) is 7.19. The first-order valence-corrected chi connectivity index (χ1v) is 12.2. The van der Waals surface area contributed by atoms with E-state index < -0.39 is 24.5 Å². The minimum absolute atomic E-state index is 0.0610. The van der Waals surface area contributed by atoms with Crippen LogP contribution >= 0.6 is 23.2 Å². The van der Waals surface area contributed by atoms with Gasteiger partial charge in [-0.3, -0.25) is 4.57 Å². The number of fused-ring (bicyclic) bond motifs is 1. The van der Waals surface area contributed by atoms with Crippen molar-refractivity contribution < 1.29 is 19.7 Å². The molecule has 2 aromatic heterocycles. The van der Waals surface area contributed by atoms with Gasteiger partial charge in [-0.25, -0.2) is 15.0 Å². The van der Waals surface area contributed by atoms with E-state index in [2.05, 4.69) is 21.5 Å². The molecule has 11 nitrogen and oxygen atoms in total. The number of halogens is 2. The Morgan fingerprint density at radius 3 is 2.53 bits per heavy atom. The number of aliphatic hydroxyl groups is 2. The van der Waals surface area contributed by atoms with Crippen LogP contribution in [-0.4, -0.2) is 61.7 Å². The number of imidazole rings is 1. The van der Waals surface area contributed by atoms with Crippen molar-refractivity contribution in [1.29, 1.82) is 0 Å². The minimum atomic E-state index is -1.30. The molecule has 2 aromatic carbocycles. The summed E-state index contributed by atoms with van der Waals surface area (Å²) in [5.41, 5.74) is 15.1. The Labute approximate surface area is 227 Å². The van der Waals surface area contributed by atoms with Crippen molar-refractivity contribution >= 4 is 57.3 Å². The molecule has 1 saturated heterocycles. The summed E-state index contributed by atoms with van der Waals surface area (Å²) in [5.74, 6) is 0.870. The van der Waals surface area contributed by atoms with Gasteiger partial charge >= 0.3 is 0 Å². The number of benzene rings is 2. The fourth-order valence-electron chi connectivity index (χ4n) is 4.42. The molecule has 3 heterocycles. The molecule has 198 valence electrons. The largest absolute Gasteiger partial charge is 0.497 e. The summed E-state index contributed by atoms with van der Waals surface area (Å²) in [7, 11) is 1.58. The Bertz CT molecular complexity index is 1500. The Hall–Kier alpha value is -3.61. The minimum Gasteiger partial charge on any atom is -0.497 e. The third kappa shape index (κ3) is 4.59. The molecule has 0 radical (unpaired) electrons. The first-order chi connectivity index (χ1) is 18.2. The summed E-state index contributed by atoms with van der Waals surface area (Å²) in [6, 6.07) is 10.4. The SMILES string of the molecule is C=C(c1ccc(OC)cc1)N(CC1OC(n2cnc3c(N)ncnc32)C(O)C1O)c1cc(Cl)c(Cl)cc1N. The zero-order valence-corrected chi connectivity index (χ0v) is 21.7. The Kier molecular flexibility index (Phi) is 7.03. The van der Waals surface area contributed by atoms with Gasteiger partial charge in [0.25, 0.3) is 0 Å². The second kappa shape index (κ2) is 10.3. The van der Waals surface area contributed by atoms with Gasteiger partial charge in [-0.15, -0.1) is 0 Å². The molecule has 38 heavy (non-hydrogen) atoms. The zero-order chi connectivity index (χ0) is 27.1. The third-order valence-electron chi connectivity index (χ3n) is 6.47. The molecule has 5 rings (SSSR count). The summed E-state index contributed by atoms with van der Waals surface area (Å²) in [4.78, 5) is 14.1. The van der Waals surface area contributed by atoms with Crippen LogP contribution in [0, 0.1) is 0 Å². The predicted molar refractivity (Wildman–Crippen MR) is 146 cm³/mol. The van der Waals surface area contributed by atoms with Crippen LogP contribution in [0.15, 0.2) is 55.6 Å². The summed E-state index contributed by atoms with van der Waals surface area (Å²) in [6.45, 7) is 4.32. The van der Waals surface area contributed by atoms with E-state index in [1.54, 1.807) is 36.3 Å². The first-order valence-electron chi connectivity index (χ1n) is 11.5. The van der Waals surface area contributed by atoms with E-state index in [1.807, 2.05) is 12.1 Å². The first kappa shape index (κ1) is 26.0. The number of nitrogens with zero attached hydrogens (tertiary/aromatic N) is 5. The van der Waals surface area contributed by atoms with Crippen LogP contribution in [0.25, 0.3) is 16.9 Å². The predicted octanol–water partition coefficient (Wildman–Crippen LogP) is 3.10. The van der Waals surface area contributed by atoms with Crippen molar-refractivity contribution in [2.75, 3.05) is 30.0 Å². The number of hydrogen-bond donors (Lipinski definition) is 4. The molecule has 0 saturated carbocycles. The molecule has 1 aliphatic rings. The Morgan fingerprint density at radius 2 is 1.82 bits per heavy atom. The van der Waals surface area contributed by atoms with Crippen LogP contribution in [0.1, 0.15) is 11.8 Å². The zero-order valence-electron chi connectivity index (χ0n) is 20.2. The van der Waals surface area contributed by atoms with Crippen molar-refractivity contribution in [2.24, 2.45) is 0 Å². The maximum atomic E-state index is 11.0. The topological polar surface area (TPSA) is 158 Å². The van der Waals surface area contributed by atoms with Crippen LogP contribution < -0.4 is 21.1 Å². The maximum Gasteiger partial charge on any atom is 0.167 e. The van der Waals surface area contributed by atoms with Gasteiger partial charge in [0.2, 0.25) is 0 Å². The maximum absolute atomic E-state index is 11.0. The van der Waals surface area contributed by atoms with Crippen LogP contribution in [0.2, 0.25) is 10.0 Å². The Morgan fingerprint density at radius 1 is 1.11 bits per heavy atom. The molecule has 0 bridgehead atoms. The van der Waals surface area contributed by atoms with E-state index in [0.717, 1.165) is 5.56 Å². The average molecular weight is 558 g/mol. The fourth-order valence-corrected chi connectivity index (χ4v) is 4.75. The molecule has 0 amide bonds. The van der Waals surface area contributed by atoms with Crippen LogP contribution in [-0.2, 0) is 4.74 Å². The molecule has 1 aliphatic heterocycles. The summed E-state index contributed by atoms with van der Waals surface area (Å²) in [6.07, 6.45) is -1.71. The number of nitrogen functional groups attached to an aromatic ring is 2. The van der Waals surface area contributed by atoms with Crippen molar-refractivity contribution in [2.45, 2.75) is 24.5 Å². The smallest absolute Gasteiger partial charge is 0.167 e. The quantitative estimate of drug-likeness (QED) is 0.249. The second-order valence-electron chi connectivity index (χ2n) is 8.74. The summed E-state index contributed by atoms with van der Waals surface area (Å²) in [5, 5.41) is 22.5. The van der Waals surface area contributed by atoms with E-state index in [0.29, 0.717) is 39.0 Å². The second-order valence-corrected chi connectivity index (χ2v) is 9.55. The molecular formula is C25H25Cl2N7O4. The molecule has 0 aliphatic carbocycles. The standard InChI is InChI=1S/C25H25Cl2N7O4/c1-12(13-3-5-14(37-2)6-4-13)33(18-8-16(27)15(26)7-17(18)28)9-19-21(35)22(36)25(38-19)34-11-32-20-23(29)30-10-31-24(20)34/h3-8,10-11,19,21-22,25,35-36H,1,9,28H2,2H3,(H2,29,30,31). The fraction of sp³-hybridized carbons (Fsp3) is 0.240. The number of methoxy groups -OCH3 is 1. The highest BCUT2D eigenvalue weighted by Crippen LogP contribution is 2.39. The Balaban J connectivity index is 1.50. The molecular weight excluding hydrogens is 533 g/mol.